The first-order chi connectivity index (χ1) is 19.5. The van der Waals surface area contributed by atoms with Crippen molar-refractivity contribution in [3.63, 3.8) is 0 Å². The molecule has 0 bridgehead atoms. The van der Waals surface area contributed by atoms with Gasteiger partial charge in [-0.1, -0.05) is 29.5 Å². The normalized spacial score (nSPS) is 13.2. The highest BCUT2D eigenvalue weighted by Crippen LogP contribution is 2.42. The molecule has 8 nitrogen and oxygen atoms in total. The number of aromatic carboxylic acids is 1. The van der Waals surface area contributed by atoms with Crippen LogP contribution in [0.2, 0.25) is 0 Å². The van der Waals surface area contributed by atoms with Crippen molar-refractivity contribution in [3.8, 4) is 17.2 Å². The molecule has 11 heteroatoms. The minimum Gasteiger partial charge on any atom is -0.487 e. The maximum Gasteiger partial charge on any atom is 0.573 e. The molecule has 1 N–H and O–H groups in total. The minimum absolute atomic E-state index is 0.0585. The Morgan fingerprint density at radius 1 is 1.07 bits per heavy atom. The summed E-state index contributed by atoms with van der Waals surface area (Å²) in [5.41, 5.74) is 5.32. The quantitative estimate of drug-likeness (QED) is 0.232. The topological polar surface area (TPSA) is 89.7 Å². The number of carboxylic acids is 1. The molecule has 0 radical (unpaired) electrons. The number of hydrogen-bond donors (Lipinski definition) is 1. The van der Waals surface area contributed by atoms with Crippen LogP contribution in [0.3, 0.4) is 0 Å². The van der Waals surface area contributed by atoms with Crippen LogP contribution in [0.25, 0.3) is 5.69 Å². The summed E-state index contributed by atoms with van der Waals surface area (Å²) in [6, 6.07) is 16.8. The van der Waals surface area contributed by atoms with Gasteiger partial charge in [-0.2, -0.15) is 0 Å². The van der Waals surface area contributed by atoms with Crippen LogP contribution < -0.4 is 14.4 Å². The van der Waals surface area contributed by atoms with Gasteiger partial charge in [0.25, 0.3) is 0 Å². The van der Waals surface area contributed by atoms with Crippen LogP contribution in [-0.2, 0) is 13.2 Å². The lowest BCUT2D eigenvalue weighted by Gasteiger charge is -2.22. The summed E-state index contributed by atoms with van der Waals surface area (Å²) >= 11 is 0. The summed E-state index contributed by atoms with van der Waals surface area (Å²) in [5, 5.41) is 17.7. The van der Waals surface area contributed by atoms with E-state index in [4.69, 9.17) is 4.74 Å². The molecule has 5 rings (SSSR count). The summed E-state index contributed by atoms with van der Waals surface area (Å²) in [7, 11) is 1.95. The van der Waals surface area contributed by atoms with Crippen LogP contribution in [0.1, 0.15) is 57.2 Å². The number of aryl methyl sites for hydroxylation is 2. The fourth-order valence-electron chi connectivity index (χ4n) is 4.88. The van der Waals surface area contributed by atoms with E-state index < -0.39 is 12.3 Å². The number of anilines is 1. The molecule has 1 aromatic heterocycles. The maximum absolute atomic E-state index is 13.0. The van der Waals surface area contributed by atoms with Crippen LogP contribution >= 0.6 is 0 Å². The third-order valence-corrected chi connectivity index (χ3v) is 6.97. The van der Waals surface area contributed by atoms with Crippen LogP contribution in [0.15, 0.2) is 60.7 Å². The molecule has 0 atom stereocenters. The predicted molar refractivity (Wildman–Crippen MR) is 146 cm³/mol. The van der Waals surface area contributed by atoms with Gasteiger partial charge in [-0.05, 0) is 79.8 Å². The lowest BCUT2D eigenvalue weighted by atomic mass is 10.0. The molecule has 1 aliphatic carbocycles. The molecule has 0 saturated heterocycles. The molecule has 1 aliphatic rings. The number of rotatable bonds is 10. The zero-order valence-electron chi connectivity index (χ0n) is 22.8. The first-order valence-corrected chi connectivity index (χ1v) is 13.1. The summed E-state index contributed by atoms with van der Waals surface area (Å²) in [5.74, 6) is -0.528. The maximum atomic E-state index is 13.0. The number of carboxylic acid groups (broad SMARTS) is 1. The number of alkyl halides is 3. The van der Waals surface area contributed by atoms with Gasteiger partial charge in [0, 0.05) is 25.2 Å². The van der Waals surface area contributed by atoms with E-state index in [1.54, 1.807) is 19.1 Å². The van der Waals surface area contributed by atoms with Gasteiger partial charge in [0.2, 0.25) is 0 Å². The Labute approximate surface area is 234 Å². The lowest BCUT2D eigenvalue weighted by molar-refractivity contribution is -0.274. The average Bonchev–Trinajstić information content (AvgIpc) is 3.66. The number of halogens is 3. The smallest absolute Gasteiger partial charge is 0.487 e. The van der Waals surface area contributed by atoms with Crippen molar-refractivity contribution in [1.82, 2.24) is 15.0 Å². The van der Waals surface area contributed by atoms with E-state index in [0.717, 1.165) is 29.7 Å². The first kappa shape index (κ1) is 28.0. The van der Waals surface area contributed by atoms with Gasteiger partial charge in [0.1, 0.15) is 23.7 Å². The molecular formula is C30H29F3N4O4. The van der Waals surface area contributed by atoms with Gasteiger partial charge >= 0.3 is 12.3 Å². The Bertz CT molecular complexity index is 1580. The molecule has 1 heterocycles. The molecular weight excluding hydrogens is 537 g/mol. The van der Waals surface area contributed by atoms with E-state index >= 15 is 0 Å². The van der Waals surface area contributed by atoms with E-state index in [1.165, 1.54) is 22.9 Å². The predicted octanol–water partition coefficient (Wildman–Crippen LogP) is 6.57. The molecule has 0 aliphatic heterocycles. The van der Waals surface area contributed by atoms with Gasteiger partial charge in [-0.15, -0.1) is 18.3 Å². The Balaban J connectivity index is 1.34. The number of aromatic nitrogens is 3. The van der Waals surface area contributed by atoms with Crippen LogP contribution in [0.4, 0.5) is 18.9 Å². The van der Waals surface area contributed by atoms with Crippen molar-refractivity contribution in [2.24, 2.45) is 0 Å². The number of carbonyl (C=O) groups is 1. The minimum atomic E-state index is -4.85. The van der Waals surface area contributed by atoms with Crippen molar-refractivity contribution in [2.75, 3.05) is 11.9 Å². The number of benzene rings is 3. The lowest BCUT2D eigenvalue weighted by Crippen LogP contribution is -2.19. The molecule has 0 amide bonds. The van der Waals surface area contributed by atoms with Gasteiger partial charge in [0.05, 0.1) is 11.3 Å². The van der Waals surface area contributed by atoms with E-state index in [0.29, 0.717) is 29.2 Å². The summed E-state index contributed by atoms with van der Waals surface area (Å²) in [6.45, 7) is 4.38. The number of para-hydroxylation sites is 2. The number of hydrogen-bond acceptors (Lipinski definition) is 6. The molecule has 3 aromatic carbocycles. The van der Waals surface area contributed by atoms with Gasteiger partial charge in [-0.3, -0.25) is 0 Å². The Morgan fingerprint density at radius 3 is 2.49 bits per heavy atom. The second-order valence-electron chi connectivity index (χ2n) is 10.2. The Morgan fingerprint density at radius 2 is 1.83 bits per heavy atom. The third-order valence-electron chi connectivity index (χ3n) is 6.97. The Kier molecular flexibility index (Phi) is 7.61. The zero-order chi connectivity index (χ0) is 29.3. The van der Waals surface area contributed by atoms with Gasteiger partial charge in [-0.25, -0.2) is 9.48 Å². The highest BCUT2D eigenvalue weighted by Gasteiger charge is 2.34. The molecule has 41 heavy (non-hydrogen) atoms. The summed E-state index contributed by atoms with van der Waals surface area (Å²) in [6.07, 6.45) is -2.98. The highest BCUT2D eigenvalue weighted by molar-refractivity contribution is 5.89. The Hall–Kier alpha value is -4.54. The first-order valence-electron chi connectivity index (χ1n) is 13.1. The monoisotopic (exact) mass is 566 g/mol. The van der Waals surface area contributed by atoms with E-state index in [-0.39, 0.29) is 29.5 Å². The largest absolute Gasteiger partial charge is 0.573 e. The van der Waals surface area contributed by atoms with E-state index in [1.807, 2.05) is 44.3 Å². The SMILES string of the molecule is Cc1cc(CN(C)c2ccc(OCc3c(C4CC4)nnn3-c3ccccc3OC(F)(F)F)cc2C)ccc1C(=O)O. The van der Waals surface area contributed by atoms with E-state index in [2.05, 4.69) is 19.9 Å². The molecule has 4 aromatic rings. The van der Waals surface area contributed by atoms with Crippen LogP contribution in [0, 0.1) is 13.8 Å². The van der Waals surface area contributed by atoms with Crippen molar-refractivity contribution < 1.29 is 32.5 Å². The number of nitrogens with zero attached hydrogens (tertiary/aromatic N) is 4. The zero-order valence-corrected chi connectivity index (χ0v) is 22.8. The van der Waals surface area contributed by atoms with Crippen molar-refractivity contribution in [1.29, 1.82) is 0 Å². The van der Waals surface area contributed by atoms with Gasteiger partial charge in [0.15, 0.2) is 5.75 Å². The summed E-state index contributed by atoms with van der Waals surface area (Å²) < 4.78 is 50.9. The van der Waals surface area contributed by atoms with E-state index in [9.17, 15) is 23.1 Å². The second kappa shape index (κ2) is 11.1. The van der Waals surface area contributed by atoms with Gasteiger partial charge < -0.3 is 19.5 Å². The van der Waals surface area contributed by atoms with Crippen molar-refractivity contribution in [3.05, 3.63) is 94.3 Å². The van der Waals surface area contributed by atoms with Crippen LogP contribution in [0.5, 0.6) is 11.5 Å². The fourth-order valence-corrected chi connectivity index (χ4v) is 4.88. The average molecular weight is 567 g/mol. The number of ether oxygens (including phenoxy) is 2. The van der Waals surface area contributed by atoms with Crippen molar-refractivity contribution in [2.45, 2.75) is 52.1 Å². The highest BCUT2D eigenvalue weighted by atomic mass is 19.4. The molecule has 1 saturated carbocycles. The molecule has 214 valence electrons. The fraction of sp³-hybridized carbons (Fsp3) is 0.300. The van der Waals surface area contributed by atoms with Crippen LogP contribution in [-0.4, -0.2) is 39.5 Å². The standard InChI is InChI=1S/C30H29F3N4O4/c1-18-14-20(8-12-23(18)29(38)39)16-36(3)24-13-11-22(15-19(24)2)40-17-26-28(21-9-10-21)34-35-37(26)25-6-4-5-7-27(25)41-30(31,32)33/h4-8,11-15,21H,9-10,16-17H2,1-3H3,(H,38,39). The molecule has 1 fully saturated rings. The molecule has 0 unspecified atom stereocenters. The second-order valence-corrected chi connectivity index (χ2v) is 10.2. The molecule has 0 spiro atoms. The summed E-state index contributed by atoms with van der Waals surface area (Å²) in [4.78, 5) is 13.4. The van der Waals surface area contributed by atoms with Crippen molar-refractivity contribution >= 4 is 11.7 Å². The third kappa shape index (κ3) is 6.45.